The smallest absolute Gasteiger partial charge is 0.545 e. The standard InChI is InChI=1S/C14H10O6S.2Cu/c15-13(16)9-1-5-11(6-2-9)21(19,20)12-7-3-10(4-8-12)14(17)18;;/h1-8H,(H,15,16)(H,17,18);;/q;2*+1/p-2. The summed E-state index contributed by atoms with van der Waals surface area (Å²) < 4.78 is 24.5. The summed E-state index contributed by atoms with van der Waals surface area (Å²) in [6.45, 7) is 0. The molecule has 9 heteroatoms. The van der Waals surface area contributed by atoms with Gasteiger partial charge in [-0.1, -0.05) is 24.3 Å². The number of carbonyl (C=O) groups is 2. The molecule has 0 bridgehead atoms. The van der Waals surface area contributed by atoms with Crippen molar-refractivity contribution in [1.29, 1.82) is 0 Å². The Morgan fingerprint density at radius 1 is 0.652 bits per heavy atom. The number of carboxylic acids is 2. The molecule has 6 nitrogen and oxygen atoms in total. The van der Waals surface area contributed by atoms with Crippen molar-refractivity contribution in [2.75, 3.05) is 0 Å². The van der Waals surface area contributed by atoms with Crippen LogP contribution in [0.5, 0.6) is 0 Å². The topological polar surface area (TPSA) is 114 Å². The van der Waals surface area contributed by atoms with Gasteiger partial charge in [0, 0.05) is 0 Å². The van der Waals surface area contributed by atoms with Crippen molar-refractivity contribution in [3.8, 4) is 0 Å². The summed E-state index contributed by atoms with van der Waals surface area (Å²) in [7, 11) is -3.85. The third-order valence-electron chi connectivity index (χ3n) is 2.80. The summed E-state index contributed by atoms with van der Waals surface area (Å²) >= 11 is 0. The molecule has 0 atom stereocenters. The molecule has 0 N–H and O–H groups in total. The molecule has 0 saturated heterocycles. The second-order valence-corrected chi connectivity index (χ2v) is 6.08. The number of hydrogen-bond acceptors (Lipinski definition) is 6. The minimum atomic E-state index is -3.85. The predicted octanol–water partition coefficient (Wildman–Crippen LogP) is -0.759. The third-order valence-corrected chi connectivity index (χ3v) is 4.59. The second kappa shape index (κ2) is 8.29. The van der Waals surface area contributed by atoms with Crippen LogP contribution in [0.2, 0.25) is 0 Å². The van der Waals surface area contributed by atoms with Crippen molar-refractivity contribution in [3.05, 3.63) is 59.7 Å². The van der Waals surface area contributed by atoms with Crippen LogP contribution in [0.25, 0.3) is 0 Å². The Labute approximate surface area is 153 Å². The molecule has 0 aliphatic heterocycles. The predicted molar refractivity (Wildman–Crippen MR) is 67.0 cm³/mol. The Morgan fingerprint density at radius 2 is 0.913 bits per heavy atom. The second-order valence-electron chi connectivity index (χ2n) is 4.13. The molecule has 0 aromatic heterocycles. The zero-order valence-corrected chi connectivity index (χ0v) is 13.8. The molecule has 0 fully saturated rings. The van der Waals surface area contributed by atoms with Crippen molar-refractivity contribution in [1.82, 2.24) is 0 Å². The van der Waals surface area contributed by atoms with E-state index in [1.807, 2.05) is 0 Å². The quantitative estimate of drug-likeness (QED) is 0.588. The number of rotatable bonds is 4. The van der Waals surface area contributed by atoms with E-state index in [0.29, 0.717) is 0 Å². The van der Waals surface area contributed by atoms with Crippen molar-refractivity contribution >= 4 is 21.8 Å². The Morgan fingerprint density at radius 3 is 1.13 bits per heavy atom. The molecule has 0 spiro atoms. The molecule has 0 saturated carbocycles. The fourth-order valence-electron chi connectivity index (χ4n) is 1.68. The van der Waals surface area contributed by atoms with E-state index >= 15 is 0 Å². The summed E-state index contributed by atoms with van der Waals surface area (Å²) in [4.78, 5) is 21.0. The maximum Gasteiger partial charge on any atom is 1.00 e. The van der Waals surface area contributed by atoms with E-state index in [0.717, 1.165) is 48.5 Å². The Bertz CT molecular complexity index is 735. The fourth-order valence-corrected chi connectivity index (χ4v) is 2.94. The average molecular weight is 431 g/mol. The molecule has 0 aliphatic carbocycles. The van der Waals surface area contributed by atoms with E-state index in [1.165, 1.54) is 0 Å². The number of sulfone groups is 1. The third kappa shape index (κ3) is 4.67. The number of carboxylic acid groups (broad SMARTS) is 2. The van der Waals surface area contributed by atoms with Crippen molar-refractivity contribution in [2.45, 2.75) is 9.79 Å². The zero-order valence-electron chi connectivity index (χ0n) is 11.1. The summed E-state index contributed by atoms with van der Waals surface area (Å²) in [5.41, 5.74) is -0.275. The van der Waals surface area contributed by atoms with E-state index in [1.54, 1.807) is 0 Å². The van der Waals surface area contributed by atoms with Crippen LogP contribution in [0.3, 0.4) is 0 Å². The number of hydrogen-bond donors (Lipinski definition) is 0. The van der Waals surface area contributed by atoms with Crippen LogP contribution in [0.1, 0.15) is 20.7 Å². The molecule has 0 heterocycles. The van der Waals surface area contributed by atoms with Crippen LogP contribution in [-0.2, 0) is 44.0 Å². The molecule has 2 aromatic carbocycles. The van der Waals surface area contributed by atoms with Gasteiger partial charge in [-0.2, -0.15) is 0 Å². The Hall–Kier alpha value is -1.63. The van der Waals surface area contributed by atoms with Crippen LogP contribution in [0.4, 0.5) is 0 Å². The SMILES string of the molecule is O=C([O-])c1ccc(S(=O)(=O)c2ccc(C(=O)[O-])cc2)cc1.[Cu+].[Cu+]. The maximum absolute atomic E-state index is 12.3. The largest absolute Gasteiger partial charge is 1.00 e. The Kier molecular flexibility index (Phi) is 7.70. The van der Waals surface area contributed by atoms with Gasteiger partial charge in [0.1, 0.15) is 0 Å². The number of carbonyl (C=O) groups excluding carboxylic acids is 2. The average Bonchev–Trinajstić information content (AvgIpc) is 2.47. The molecule has 0 radical (unpaired) electrons. The van der Waals surface area contributed by atoms with Crippen molar-refractivity contribution in [2.24, 2.45) is 0 Å². The molecule has 0 amide bonds. The normalized spacial score (nSPS) is 10.1. The molecule has 128 valence electrons. The minimum absolute atomic E-state index is 0. The summed E-state index contributed by atoms with van der Waals surface area (Å²) in [6, 6.07) is 9.07. The van der Waals surface area contributed by atoms with Gasteiger partial charge in [0.05, 0.1) is 21.7 Å². The van der Waals surface area contributed by atoms with Crippen LogP contribution in [-0.4, -0.2) is 20.4 Å². The van der Waals surface area contributed by atoms with Gasteiger partial charge in [0.2, 0.25) is 9.84 Å². The molecular weight excluding hydrogens is 423 g/mol. The monoisotopic (exact) mass is 430 g/mol. The van der Waals surface area contributed by atoms with Gasteiger partial charge in [-0.3, -0.25) is 0 Å². The first-order valence-electron chi connectivity index (χ1n) is 5.70. The van der Waals surface area contributed by atoms with E-state index in [2.05, 4.69) is 0 Å². The summed E-state index contributed by atoms with van der Waals surface area (Å²) in [6.07, 6.45) is 0. The van der Waals surface area contributed by atoms with Gasteiger partial charge in [-0.15, -0.1) is 0 Å². The van der Waals surface area contributed by atoms with Crippen molar-refractivity contribution in [3.63, 3.8) is 0 Å². The molecule has 2 rings (SSSR count). The van der Waals surface area contributed by atoms with Crippen molar-refractivity contribution < 1.29 is 62.4 Å². The summed E-state index contributed by atoms with van der Waals surface area (Å²) in [5, 5.41) is 21.2. The van der Waals surface area contributed by atoms with E-state index in [4.69, 9.17) is 0 Å². The molecule has 0 aliphatic rings. The van der Waals surface area contributed by atoms with Crippen LogP contribution >= 0.6 is 0 Å². The van der Waals surface area contributed by atoms with Gasteiger partial charge < -0.3 is 19.8 Å². The maximum atomic E-state index is 12.3. The van der Waals surface area contributed by atoms with E-state index in [9.17, 15) is 28.2 Å². The first-order valence-corrected chi connectivity index (χ1v) is 7.18. The molecular formula is C14H8Cu2O6S. The number of aromatic carboxylic acids is 2. The summed E-state index contributed by atoms with van der Waals surface area (Å²) in [5.74, 6) is -2.81. The Balaban J connectivity index is 0.00000242. The zero-order chi connectivity index (χ0) is 15.6. The first kappa shape index (κ1) is 21.4. The van der Waals surface area contributed by atoms with Gasteiger partial charge in [0.25, 0.3) is 0 Å². The van der Waals surface area contributed by atoms with Gasteiger partial charge in [-0.25, -0.2) is 8.42 Å². The first-order chi connectivity index (χ1) is 9.82. The van der Waals surface area contributed by atoms with Crippen LogP contribution < -0.4 is 10.2 Å². The molecule has 0 unspecified atom stereocenters. The fraction of sp³-hybridized carbons (Fsp3) is 0. The van der Waals surface area contributed by atoms with E-state index < -0.39 is 21.8 Å². The minimum Gasteiger partial charge on any atom is -0.545 e. The van der Waals surface area contributed by atoms with Crippen LogP contribution in [0, 0.1) is 0 Å². The number of benzene rings is 2. The van der Waals surface area contributed by atoms with Gasteiger partial charge in [0.15, 0.2) is 0 Å². The molecule has 2 aromatic rings. The van der Waals surface area contributed by atoms with Crippen LogP contribution in [0.15, 0.2) is 58.3 Å². The molecule has 23 heavy (non-hydrogen) atoms. The van der Waals surface area contributed by atoms with Gasteiger partial charge in [-0.05, 0) is 35.4 Å². The van der Waals surface area contributed by atoms with Gasteiger partial charge >= 0.3 is 34.1 Å². The van der Waals surface area contributed by atoms with E-state index in [-0.39, 0.29) is 55.1 Å².